The number of phosphoric ester groups is 2. The number of phosphoric acid groups is 2. The second kappa shape index (κ2) is 60.3. The highest BCUT2D eigenvalue weighted by Gasteiger charge is 2.30. The van der Waals surface area contributed by atoms with Gasteiger partial charge in [-0.25, -0.2) is 9.13 Å². The van der Waals surface area contributed by atoms with Crippen molar-refractivity contribution in [2.75, 3.05) is 39.6 Å². The summed E-state index contributed by atoms with van der Waals surface area (Å²) in [5.74, 6) is -0.673. The van der Waals surface area contributed by atoms with Gasteiger partial charge in [-0.2, -0.15) is 0 Å². The van der Waals surface area contributed by atoms with E-state index in [0.717, 1.165) is 102 Å². The van der Waals surface area contributed by atoms with Crippen LogP contribution < -0.4 is 0 Å². The largest absolute Gasteiger partial charge is 0.472 e. The molecule has 0 aliphatic rings. The van der Waals surface area contributed by atoms with Crippen LogP contribution in [0.25, 0.3) is 0 Å². The first-order valence-corrected chi connectivity index (χ1v) is 38.5. The average Bonchev–Trinajstić information content (AvgIpc) is 3.69. The number of carbonyl (C=O) groups is 4. The lowest BCUT2D eigenvalue weighted by atomic mass is 10.0. The van der Waals surface area contributed by atoms with Gasteiger partial charge in [0.1, 0.15) is 19.3 Å². The Hall–Kier alpha value is -1.94. The average molecular weight is 1280 g/mol. The molecule has 0 radical (unpaired) electrons. The Labute approximate surface area is 530 Å². The Morgan fingerprint density at radius 1 is 0.310 bits per heavy atom. The maximum atomic E-state index is 13.0. The minimum Gasteiger partial charge on any atom is -0.462 e. The molecule has 19 heteroatoms. The van der Waals surface area contributed by atoms with Gasteiger partial charge in [-0.05, 0) is 37.5 Å². The SMILES string of the molecule is CCCCCCCCCCCCCCCCCCCCC(=O)O[C@H](COC(=O)CCCCCCCCCCCCCC(C)C)COP(=O)(O)OC[C@@H](O)COP(=O)(O)OC[C@@H](COC(=O)CCCCCCC)OC(=O)CCCCCCCCCC(C)C. The minimum absolute atomic E-state index is 0.103. The third-order valence-corrected chi connectivity index (χ3v) is 17.6. The Morgan fingerprint density at radius 2 is 0.529 bits per heavy atom. The standard InChI is InChI=1S/C68H132O17P2/c1-7-9-11-13-14-15-16-17-18-19-20-21-22-25-29-34-40-46-52-67(72)85-64(57-79-66(71)51-45-39-33-28-26-23-24-27-31-37-42-48-60(3)4)59-83-87(76,77)81-55-62(69)54-80-86(74,75)82-58-63(56-78-65(70)50-44-36-12-10-8-2)84-68(73)53-47-41-35-30-32-38-43-49-61(5)6/h60-64,69H,7-59H2,1-6H3,(H,74,75)(H,76,77)/t62-,63+,64+/m0/s1. The van der Waals surface area contributed by atoms with Crippen LogP contribution in [0.5, 0.6) is 0 Å². The molecule has 0 bridgehead atoms. The first-order chi connectivity index (χ1) is 41.9. The second-order valence-electron chi connectivity index (χ2n) is 25.5. The molecule has 516 valence electrons. The predicted molar refractivity (Wildman–Crippen MR) is 349 cm³/mol. The number of hydrogen-bond donors (Lipinski definition) is 3. The van der Waals surface area contributed by atoms with Crippen molar-refractivity contribution in [3.63, 3.8) is 0 Å². The van der Waals surface area contributed by atoms with Gasteiger partial charge in [0, 0.05) is 25.7 Å². The fraction of sp³-hybridized carbons (Fsp3) is 0.941. The van der Waals surface area contributed by atoms with E-state index >= 15 is 0 Å². The van der Waals surface area contributed by atoms with E-state index in [1.54, 1.807) is 0 Å². The summed E-state index contributed by atoms with van der Waals surface area (Å²) in [5.41, 5.74) is 0. The first kappa shape index (κ1) is 85.1. The van der Waals surface area contributed by atoms with Crippen molar-refractivity contribution in [2.24, 2.45) is 11.8 Å². The molecule has 0 fully saturated rings. The quantitative estimate of drug-likeness (QED) is 0.0222. The molecule has 0 spiro atoms. The number of rotatable bonds is 67. The number of esters is 4. The summed E-state index contributed by atoms with van der Waals surface area (Å²) in [7, 11) is -9.89. The third kappa shape index (κ3) is 62.6. The molecule has 17 nitrogen and oxygen atoms in total. The molecule has 0 aliphatic carbocycles. The van der Waals surface area contributed by atoms with E-state index in [0.29, 0.717) is 31.6 Å². The van der Waals surface area contributed by atoms with E-state index in [4.69, 9.17) is 37.0 Å². The summed E-state index contributed by atoms with van der Waals surface area (Å²) in [6.45, 7) is 9.38. The van der Waals surface area contributed by atoms with Crippen LogP contribution in [0.1, 0.15) is 343 Å². The molecule has 0 rings (SSSR count). The van der Waals surface area contributed by atoms with Crippen LogP contribution in [-0.4, -0.2) is 96.7 Å². The zero-order chi connectivity index (χ0) is 64.3. The smallest absolute Gasteiger partial charge is 0.462 e. The van der Waals surface area contributed by atoms with Crippen LogP contribution in [0, 0.1) is 11.8 Å². The van der Waals surface area contributed by atoms with Crippen molar-refractivity contribution < 1.29 is 80.2 Å². The molecular weight excluding hydrogens is 1150 g/mol. The Kier molecular flexibility index (Phi) is 59.0. The summed E-state index contributed by atoms with van der Waals surface area (Å²) in [6.07, 6.45) is 45.0. The van der Waals surface area contributed by atoms with Gasteiger partial charge in [-0.3, -0.25) is 37.3 Å². The van der Waals surface area contributed by atoms with Crippen molar-refractivity contribution >= 4 is 39.5 Å². The predicted octanol–water partition coefficient (Wildman–Crippen LogP) is 19.2. The topological polar surface area (TPSA) is 237 Å². The Balaban J connectivity index is 5.15. The van der Waals surface area contributed by atoms with Gasteiger partial charge in [0.15, 0.2) is 12.2 Å². The van der Waals surface area contributed by atoms with Gasteiger partial charge in [0.25, 0.3) is 0 Å². The molecule has 0 aromatic heterocycles. The van der Waals surface area contributed by atoms with Gasteiger partial charge in [0.2, 0.25) is 0 Å². The Bertz CT molecular complexity index is 1700. The fourth-order valence-electron chi connectivity index (χ4n) is 10.2. The van der Waals surface area contributed by atoms with E-state index in [1.165, 1.54) is 154 Å². The van der Waals surface area contributed by atoms with Crippen molar-refractivity contribution in [3.05, 3.63) is 0 Å². The fourth-order valence-corrected chi connectivity index (χ4v) is 11.8. The van der Waals surface area contributed by atoms with Crippen LogP contribution in [0.2, 0.25) is 0 Å². The lowest BCUT2D eigenvalue weighted by Crippen LogP contribution is -2.30. The van der Waals surface area contributed by atoms with E-state index in [9.17, 15) is 43.2 Å². The van der Waals surface area contributed by atoms with Crippen LogP contribution in [0.3, 0.4) is 0 Å². The molecule has 3 N–H and O–H groups in total. The molecule has 0 aromatic carbocycles. The second-order valence-corrected chi connectivity index (χ2v) is 28.4. The number of carbonyl (C=O) groups excluding carboxylic acids is 4. The van der Waals surface area contributed by atoms with Crippen LogP contribution in [-0.2, 0) is 65.4 Å². The molecule has 0 heterocycles. The molecule has 0 saturated carbocycles. The zero-order valence-electron chi connectivity index (χ0n) is 56.3. The highest BCUT2D eigenvalue weighted by molar-refractivity contribution is 7.47. The molecule has 0 saturated heterocycles. The summed E-state index contributed by atoms with van der Waals surface area (Å²) < 4.78 is 68.0. The third-order valence-electron chi connectivity index (χ3n) is 15.7. The van der Waals surface area contributed by atoms with Crippen molar-refractivity contribution in [1.82, 2.24) is 0 Å². The minimum atomic E-state index is -4.95. The van der Waals surface area contributed by atoms with Crippen molar-refractivity contribution in [1.29, 1.82) is 0 Å². The summed E-state index contributed by atoms with van der Waals surface area (Å²) in [6, 6.07) is 0. The lowest BCUT2D eigenvalue weighted by Gasteiger charge is -2.21. The highest BCUT2D eigenvalue weighted by atomic mass is 31.2. The molecule has 0 amide bonds. The molecular formula is C68H132O17P2. The van der Waals surface area contributed by atoms with Crippen LogP contribution in [0.4, 0.5) is 0 Å². The van der Waals surface area contributed by atoms with E-state index < -0.39 is 97.5 Å². The van der Waals surface area contributed by atoms with E-state index in [1.807, 2.05) is 0 Å². The molecule has 5 atom stereocenters. The molecule has 87 heavy (non-hydrogen) atoms. The first-order valence-electron chi connectivity index (χ1n) is 35.5. The summed E-state index contributed by atoms with van der Waals surface area (Å²) in [5, 5.41) is 10.5. The number of aliphatic hydroxyl groups excluding tert-OH is 1. The van der Waals surface area contributed by atoms with Gasteiger partial charge in [-0.1, -0.05) is 292 Å². The molecule has 2 unspecified atom stereocenters. The summed E-state index contributed by atoms with van der Waals surface area (Å²) in [4.78, 5) is 72.1. The van der Waals surface area contributed by atoms with E-state index in [2.05, 4.69) is 41.5 Å². The monoisotopic (exact) mass is 1280 g/mol. The Morgan fingerprint density at radius 3 is 0.782 bits per heavy atom. The van der Waals surface area contributed by atoms with Crippen LogP contribution >= 0.6 is 15.6 Å². The highest BCUT2D eigenvalue weighted by Crippen LogP contribution is 2.45. The van der Waals surface area contributed by atoms with Crippen molar-refractivity contribution in [3.8, 4) is 0 Å². The maximum Gasteiger partial charge on any atom is 0.472 e. The molecule has 0 aliphatic heterocycles. The summed E-state index contributed by atoms with van der Waals surface area (Å²) >= 11 is 0. The number of ether oxygens (including phenoxy) is 4. The normalized spacial score (nSPS) is 14.2. The number of unbranched alkanes of at least 4 members (excludes halogenated alkanes) is 37. The number of hydrogen-bond acceptors (Lipinski definition) is 15. The number of aliphatic hydroxyl groups is 1. The van der Waals surface area contributed by atoms with Crippen LogP contribution in [0.15, 0.2) is 0 Å². The van der Waals surface area contributed by atoms with Gasteiger partial charge in [-0.15, -0.1) is 0 Å². The van der Waals surface area contributed by atoms with Gasteiger partial charge in [0.05, 0.1) is 26.4 Å². The maximum absolute atomic E-state index is 13.0. The molecule has 0 aromatic rings. The lowest BCUT2D eigenvalue weighted by molar-refractivity contribution is -0.161. The van der Waals surface area contributed by atoms with Crippen molar-refractivity contribution in [2.45, 2.75) is 362 Å². The van der Waals surface area contributed by atoms with Gasteiger partial charge >= 0.3 is 39.5 Å². The zero-order valence-corrected chi connectivity index (χ0v) is 58.1. The van der Waals surface area contributed by atoms with E-state index in [-0.39, 0.29) is 25.7 Å². The van der Waals surface area contributed by atoms with Gasteiger partial charge < -0.3 is 33.8 Å².